The lowest BCUT2D eigenvalue weighted by Gasteiger charge is -2.13. The number of ether oxygens (including phenoxy) is 1. The Morgan fingerprint density at radius 3 is 2.65 bits per heavy atom. The minimum absolute atomic E-state index is 0.161. The number of amides is 1. The number of anilines is 1. The van der Waals surface area contributed by atoms with Gasteiger partial charge in [-0.3, -0.25) is 9.59 Å². The van der Waals surface area contributed by atoms with E-state index in [1.54, 1.807) is 38.1 Å². The van der Waals surface area contributed by atoms with Gasteiger partial charge in [-0.05, 0) is 32.9 Å². The summed E-state index contributed by atoms with van der Waals surface area (Å²) in [7, 11) is 0. The van der Waals surface area contributed by atoms with Gasteiger partial charge in [0, 0.05) is 0 Å². The van der Waals surface area contributed by atoms with Crippen LogP contribution < -0.4 is 5.01 Å². The molecule has 1 aromatic carbocycles. The van der Waals surface area contributed by atoms with Gasteiger partial charge in [0.15, 0.2) is 0 Å². The molecule has 1 aliphatic heterocycles. The first kappa shape index (κ1) is 17.0. The quantitative estimate of drug-likeness (QED) is 0.662. The minimum atomic E-state index is -1.07. The maximum absolute atomic E-state index is 12.7. The molecule has 6 nitrogen and oxygen atoms in total. The second-order valence-electron chi connectivity index (χ2n) is 4.98. The number of carbonyl (C=O) groups excluding carboxylic acids is 1. The van der Waals surface area contributed by atoms with Gasteiger partial charge in [-0.2, -0.15) is 10.1 Å². The lowest BCUT2D eigenvalue weighted by atomic mass is 9.98. The second-order valence-corrected chi connectivity index (χ2v) is 5.38. The number of benzene rings is 1. The molecule has 0 fully saturated rings. The lowest BCUT2D eigenvalue weighted by molar-refractivity contribution is -0.138. The molecule has 1 N–H and O–H groups in total. The standard InChI is InChI=1S/C16H17ClN2O4/c1-4-23-10(3)13-14(9(2)16(21)22)18-19(15(13)20)12-8-6-5-7-11(12)17/h5-9H,4H2,1-3H3,(H,21,22)/b13-10+. The number of carboxylic acid groups (broad SMARTS) is 1. The highest BCUT2D eigenvalue weighted by Gasteiger charge is 2.39. The highest BCUT2D eigenvalue weighted by Crippen LogP contribution is 2.32. The summed E-state index contributed by atoms with van der Waals surface area (Å²) in [4.78, 5) is 24.1. The van der Waals surface area contributed by atoms with Crippen molar-refractivity contribution >= 4 is 34.9 Å². The Balaban J connectivity index is 2.56. The number of hydrogen-bond donors (Lipinski definition) is 1. The SMILES string of the molecule is CCO/C(C)=C1/C(=O)N(c2ccccc2Cl)N=C1C(C)C(=O)O. The van der Waals surface area contributed by atoms with Gasteiger partial charge in [0.05, 0.1) is 28.9 Å². The fourth-order valence-corrected chi connectivity index (χ4v) is 2.46. The van der Waals surface area contributed by atoms with E-state index in [9.17, 15) is 14.7 Å². The van der Waals surface area contributed by atoms with Crippen LogP contribution in [0.2, 0.25) is 5.02 Å². The van der Waals surface area contributed by atoms with Crippen molar-refractivity contribution in [3.63, 3.8) is 0 Å². The van der Waals surface area contributed by atoms with Crippen LogP contribution in [-0.4, -0.2) is 29.3 Å². The van der Waals surface area contributed by atoms with E-state index in [-0.39, 0.29) is 11.3 Å². The lowest BCUT2D eigenvalue weighted by Crippen LogP contribution is -2.25. The van der Waals surface area contributed by atoms with Crippen molar-refractivity contribution in [3.05, 3.63) is 40.6 Å². The molecule has 0 bridgehead atoms. The highest BCUT2D eigenvalue weighted by molar-refractivity contribution is 6.37. The summed E-state index contributed by atoms with van der Waals surface area (Å²) in [5.74, 6) is -2.12. The van der Waals surface area contributed by atoms with Crippen LogP contribution in [-0.2, 0) is 14.3 Å². The third-order valence-corrected chi connectivity index (χ3v) is 3.76. The van der Waals surface area contributed by atoms with E-state index in [4.69, 9.17) is 16.3 Å². The van der Waals surface area contributed by atoms with Crippen LogP contribution in [0, 0.1) is 5.92 Å². The monoisotopic (exact) mass is 336 g/mol. The minimum Gasteiger partial charge on any atom is -0.498 e. The summed E-state index contributed by atoms with van der Waals surface area (Å²) in [5.41, 5.74) is 0.726. The molecule has 0 spiro atoms. The number of allylic oxidation sites excluding steroid dienone is 1. The van der Waals surface area contributed by atoms with E-state index >= 15 is 0 Å². The molecule has 1 heterocycles. The number of para-hydroxylation sites is 1. The number of halogens is 1. The molecular weight excluding hydrogens is 320 g/mol. The average Bonchev–Trinajstić information content (AvgIpc) is 2.84. The van der Waals surface area contributed by atoms with E-state index in [1.165, 1.54) is 6.92 Å². The van der Waals surface area contributed by atoms with Gasteiger partial charge in [0.25, 0.3) is 5.91 Å². The number of hydrogen-bond acceptors (Lipinski definition) is 4. The van der Waals surface area contributed by atoms with Crippen LogP contribution in [0.1, 0.15) is 20.8 Å². The average molecular weight is 337 g/mol. The Kier molecular flexibility index (Phi) is 5.05. The number of aliphatic carboxylic acids is 1. The van der Waals surface area contributed by atoms with Gasteiger partial charge in [-0.1, -0.05) is 23.7 Å². The highest BCUT2D eigenvalue weighted by atomic mass is 35.5. The Morgan fingerprint density at radius 1 is 1.43 bits per heavy atom. The molecule has 0 aromatic heterocycles. The first-order chi connectivity index (χ1) is 10.9. The summed E-state index contributed by atoms with van der Waals surface area (Å²) in [5, 5.41) is 14.9. The summed E-state index contributed by atoms with van der Waals surface area (Å²) in [6.45, 7) is 5.25. The number of nitrogens with zero attached hydrogens (tertiary/aromatic N) is 2. The van der Waals surface area contributed by atoms with Crippen molar-refractivity contribution in [1.82, 2.24) is 0 Å². The first-order valence-corrected chi connectivity index (χ1v) is 7.50. The van der Waals surface area contributed by atoms with Crippen molar-refractivity contribution in [3.8, 4) is 0 Å². The van der Waals surface area contributed by atoms with E-state index < -0.39 is 17.8 Å². The largest absolute Gasteiger partial charge is 0.498 e. The second kappa shape index (κ2) is 6.83. The fraction of sp³-hybridized carbons (Fsp3) is 0.312. The molecule has 2 rings (SSSR count). The molecule has 0 saturated heterocycles. The summed E-state index contributed by atoms with van der Waals surface area (Å²) >= 11 is 6.12. The van der Waals surface area contributed by atoms with Crippen molar-refractivity contribution < 1.29 is 19.4 Å². The number of carboxylic acids is 1. The van der Waals surface area contributed by atoms with E-state index in [2.05, 4.69) is 5.10 Å². The normalized spacial score (nSPS) is 17.8. The first-order valence-electron chi connectivity index (χ1n) is 7.12. The van der Waals surface area contributed by atoms with Crippen LogP contribution >= 0.6 is 11.6 Å². The summed E-state index contributed by atoms with van der Waals surface area (Å²) in [6.07, 6.45) is 0. The Bertz CT molecular complexity index is 712. The Morgan fingerprint density at radius 2 is 2.09 bits per heavy atom. The Hall–Kier alpha value is -2.34. The van der Waals surface area contributed by atoms with Crippen LogP contribution in [0.4, 0.5) is 5.69 Å². The van der Waals surface area contributed by atoms with Crippen molar-refractivity contribution in [2.75, 3.05) is 11.6 Å². The van der Waals surface area contributed by atoms with Gasteiger partial charge in [-0.25, -0.2) is 0 Å². The summed E-state index contributed by atoms with van der Waals surface area (Å²) in [6, 6.07) is 6.74. The molecule has 1 aliphatic rings. The van der Waals surface area contributed by atoms with Crippen molar-refractivity contribution in [2.24, 2.45) is 11.0 Å². The molecule has 0 aliphatic carbocycles. The Labute approximate surface area is 139 Å². The molecule has 7 heteroatoms. The third kappa shape index (κ3) is 3.22. The fourth-order valence-electron chi connectivity index (χ4n) is 2.25. The van der Waals surface area contributed by atoms with E-state index in [0.717, 1.165) is 5.01 Å². The molecule has 1 aromatic rings. The molecule has 1 unspecified atom stereocenters. The zero-order chi connectivity index (χ0) is 17.1. The number of rotatable bonds is 5. The van der Waals surface area contributed by atoms with Crippen molar-refractivity contribution in [2.45, 2.75) is 20.8 Å². The van der Waals surface area contributed by atoms with Crippen molar-refractivity contribution in [1.29, 1.82) is 0 Å². The van der Waals surface area contributed by atoms with Gasteiger partial charge in [0.2, 0.25) is 0 Å². The number of hydrazone groups is 1. The summed E-state index contributed by atoms with van der Waals surface area (Å²) < 4.78 is 5.40. The van der Waals surface area contributed by atoms with Crippen LogP contribution in [0.25, 0.3) is 0 Å². The molecule has 1 atom stereocenters. The van der Waals surface area contributed by atoms with Gasteiger partial charge < -0.3 is 9.84 Å². The zero-order valence-corrected chi connectivity index (χ0v) is 13.8. The molecule has 23 heavy (non-hydrogen) atoms. The maximum Gasteiger partial charge on any atom is 0.312 e. The van der Waals surface area contributed by atoms with Gasteiger partial charge >= 0.3 is 5.97 Å². The van der Waals surface area contributed by atoms with Crippen LogP contribution in [0.15, 0.2) is 40.7 Å². The smallest absolute Gasteiger partial charge is 0.312 e. The third-order valence-electron chi connectivity index (χ3n) is 3.44. The maximum atomic E-state index is 12.7. The topological polar surface area (TPSA) is 79.2 Å². The molecule has 0 radical (unpaired) electrons. The molecule has 0 saturated carbocycles. The van der Waals surface area contributed by atoms with Gasteiger partial charge in [-0.15, -0.1) is 0 Å². The van der Waals surface area contributed by atoms with Crippen LogP contribution in [0.5, 0.6) is 0 Å². The molecule has 1 amide bonds. The number of carbonyl (C=O) groups is 2. The molecular formula is C16H17ClN2O4. The zero-order valence-electron chi connectivity index (χ0n) is 13.0. The van der Waals surface area contributed by atoms with Gasteiger partial charge in [0.1, 0.15) is 11.3 Å². The predicted molar refractivity (Wildman–Crippen MR) is 87.5 cm³/mol. The van der Waals surface area contributed by atoms with E-state index in [1.807, 2.05) is 0 Å². The van der Waals surface area contributed by atoms with Crippen LogP contribution in [0.3, 0.4) is 0 Å². The molecule has 122 valence electrons. The van der Waals surface area contributed by atoms with E-state index in [0.29, 0.717) is 23.1 Å². The predicted octanol–water partition coefficient (Wildman–Crippen LogP) is 3.07.